The van der Waals surface area contributed by atoms with E-state index in [9.17, 15) is 0 Å². The average Bonchev–Trinajstić information content (AvgIpc) is 3.04. The molecule has 1 heterocycles. The molecule has 1 aliphatic rings. The number of halogens is 1. The van der Waals surface area contributed by atoms with Gasteiger partial charge < -0.3 is 4.52 Å². The monoisotopic (exact) mass is 259 g/mol. The zero-order chi connectivity index (χ0) is 12.5. The summed E-state index contributed by atoms with van der Waals surface area (Å²) in [5.74, 6) is 1.35. The van der Waals surface area contributed by atoms with Crippen molar-refractivity contribution in [3.8, 4) is 6.07 Å². The first-order chi connectivity index (χ1) is 8.78. The van der Waals surface area contributed by atoms with Crippen LogP contribution in [-0.4, -0.2) is 10.1 Å². The van der Waals surface area contributed by atoms with Crippen molar-refractivity contribution in [3.63, 3.8) is 0 Å². The molecule has 1 saturated carbocycles. The highest BCUT2D eigenvalue weighted by molar-refractivity contribution is 6.31. The summed E-state index contributed by atoms with van der Waals surface area (Å²) in [5.41, 5.74) is 0.971. The first-order valence-corrected chi connectivity index (χ1v) is 6.11. The highest BCUT2D eigenvalue weighted by atomic mass is 35.5. The third-order valence-corrected chi connectivity index (χ3v) is 3.43. The van der Waals surface area contributed by atoms with E-state index in [2.05, 4.69) is 16.2 Å². The van der Waals surface area contributed by atoms with Crippen LogP contribution in [0.15, 0.2) is 28.8 Å². The summed E-state index contributed by atoms with van der Waals surface area (Å²) >= 11 is 6.07. The lowest BCUT2D eigenvalue weighted by atomic mass is 10.1. The van der Waals surface area contributed by atoms with Crippen molar-refractivity contribution < 1.29 is 4.52 Å². The Morgan fingerprint density at radius 1 is 1.44 bits per heavy atom. The summed E-state index contributed by atoms with van der Waals surface area (Å²) in [4.78, 5) is 4.32. The second kappa shape index (κ2) is 4.43. The lowest BCUT2D eigenvalue weighted by Crippen LogP contribution is -1.92. The molecule has 1 aromatic carbocycles. The Kier molecular flexibility index (Phi) is 2.77. The predicted octanol–water partition coefficient (Wildman–Crippen LogP) is 2.94. The quantitative estimate of drug-likeness (QED) is 0.850. The lowest BCUT2D eigenvalue weighted by molar-refractivity contribution is 0.373. The molecular formula is C13H10ClN3O. The van der Waals surface area contributed by atoms with Crippen molar-refractivity contribution in [2.75, 3.05) is 0 Å². The van der Waals surface area contributed by atoms with Crippen molar-refractivity contribution in [3.05, 3.63) is 46.6 Å². The van der Waals surface area contributed by atoms with Crippen molar-refractivity contribution in [2.45, 2.75) is 18.8 Å². The van der Waals surface area contributed by atoms with Crippen LogP contribution in [0.3, 0.4) is 0 Å². The van der Waals surface area contributed by atoms with Gasteiger partial charge in [0.05, 0.1) is 17.9 Å². The average molecular weight is 260 g/mol. The first-order valence-electron chi connectivity index (χ1n) is 5.73. The Balaban J connectivity index is 1.75. The minimum absolute atomic E-state index is 0.0404. The molecule has 0 amide bonds. The van der Waals surface area contributed by atoms with Crippen LogP contribution in [0.5, 0.6) is 0 Å². The van der Waals surface area contributed by atoms with Crippen LogP contribution in [0, 0.1) is 17.2 Å². The molecule has 1 aromatic heterocycles. The summed E-state index contributed by atoms with van der Waals surface area (Å²) < 4.78 is 5.18. The summed E-state index contributed by atoms with van der Waals surface area (Å²) in [5, 5.41) is 13.4. The number of rotatable bonds is 3. The SMILES string of the molecule is N#CC1CC1c1nc(Cc2ccccc2Cl)no1. The fourth-order valence-corrected chi connectivity index (χ4v) is 2.12. The van der Waals surface area contributed by atoms with Gasteiger partial charge in [0.25, 0.3) is 0 Å². The van der Waals surface area contributed by atoms with E-state index in [1.54, 1.807) is 0 Å². The molecule has 0 radical (unpaired) electrons. The number of hydrogen-bond donors (Lipinski definition) is 0. The zero-order valence-corrected chi connectivity index (χ0v) is 10.3. The molecule has 90 valence electrons. The highest BCUT2D eigenvalue weighted by Crippen LogP contribution is 2.46. The van der Waals surface area contributed by atoms with E-state index in [4.69, 9.17) is 21.4 Å². The minimum atomic E-state index is 0.0404. The Bertz CT molecular complexity index is 617. The Hall–Kier alpha value is -1.86. The Labute approximate surface area is 109 Å². The second-order valence-electron chi connectivity index (χ2n) is 4.39. The van der Waals surface area contributed by atoms with Gasteiger partial charge in [0, 0.05) is 11.4 Å². The Morgan fingerprint density at radius 2 is 2.28 bits per heavy atom. The highest BCUT2D eigenvalue weighted by Gasteiger charge is 2.43. The van der Waals surface area contributed by atoms with E-state index in [-0.39, 0.29) is 11.8 Å². The fourth-order valence-electron chi connectivity index (χ4n) is 1.91. The van der Waals surface area contributed by atoms with Crippen LogP contribution < -0.4 is 0 Å². The standard InChI is InChI=1S/C13H10ClN3O/c14-11-4-2-1-3-8(11)6-12-16-13(18-17-12)10-5-9(10)7-15/h1-4,9-10H,5-6H2. The number of aromatic nitrogens is 2. The van der Waals surface area contributed by atoms with E-state index >= 15 is 0 Å². The Morgan fingerprint density at radius 3 is 3.00 bits per heavy atom. The van der Waals surface area contributed by atoms with Crippen LogP contribution >= 0.6 is 11.6 Å². The second-order valence-corrected chi connectivity index (χ2v) is 4.80. The normalized spacial score (nSPS) is 21.6. The number of nitriles is 1. The first kappa shape index (κ1) is 11.2. The molecule has 0 saturated heterocycles. The summed E-state index contributed by atoms with van der Waals surface area (Å²) in [6.45, 7) is 0. The third kappa shape index (κ3) is 2.09. The third-order valence-electron chi connectivity index (χ3n) is 3.06. The molecule has 5 heteroatoms. The van der Waals surface area contributed by atoms with Gasteiger partial charge in [0.15, 0.2) is 5.82 Å². The number of hydrogen-bond acceptors (Lipinski definition) is 4. The lowest BCUT2D eigenvalue weighted by Gasteiger charge is -1.98. The van der Waals surface area contributed by atoms with Gasteiger partial charge in [-0.2, -0.15) is 10.2 Å². The van der Waals surface area contributed by atoms with E-state index in [0.29, 0.717) is 23.2 Å². The number of nitrogens with zero attached hydrogens (tertiary/aromatic N) is 3. The summed E-state index contributed by atoms with van der Waals surface area (Å²) in [6.07, 6.45) is 1.37. The van der Waals surface area contributed by atoms with E-state index < -0.39 is 0 Å². The molecule has 1 fully saturated rings. The predicted molar refractivity (Wildman–Crippen MR) is 65.0 cm³/mol. The van der Waals surface area contributed by atoms with E-state index in [1.807, 2.05) is 24.3 Å². The number of benzene rings is 1. The van der Waals surface area contributed by atoms with Crippen molar-refractivity contribution in [2.24, 2.45) is 5.92 Å². The van der Waals surface area contributed by atoms with Crippen LogP contribution in [0.1, 0.15) is 29.6 Å². The van der Waals surface area contributed by atoms with Gasteiger partial charge in [-0.15, -0.1) is 0 Å². The maximum absolute atomic E-state index is 8.76. The largest absolute Gasteiger partial charge is 0.339 e. The van der Waals surface area contributed by atoms with Gasteiger partial charge in [-0.05, 0) is 18.1 Å². The van der Waals surface area contributed by atoms with E-state index in [0.717, 1.165) is 12.0 Å². The summed E-state index contributed by atoms with van der Waals surface area (Å²) in [6, 6.07) is 9.79. The van der Waals surface area contributed by atoms with Crippen LogP contribution in [-0.2, 0) is 6.42 Å². The molecule has 0 N–H and O–H groups in total. The van der Waals surface area contributed by atoms with Gasteiger partial charge in [0.2, 0.25) is 5.89 Å². The molecule has 4 nitrogen and oxygen atoms in total. The molecule has 2 unspecified atom stereocenters. The van der Waals surface area contributed by atoms with E-state index in [1.165, 1.54) is 0 Å². The minimum Gasteiger partial charge on any atom is -0.339 e. The van der Waals surface area contributed by atoms with Gasteiger partial charge in [-0.25, -0.2) is 0 Å². The molecule has 0 aliphatic heterocycles. The fraction of sp³-hybridized carbons (Fsp3) is 0.308. The molecule has 0 bridgehead atoms. The molecule has 1 aliphatic carbocycles. The molecule has 2 aromatic rings. The summed E-state index contributed by atoms with van der Waals surface area (Å²) in [7, 11) is 0. The van der Waals surface area contributed by atoms with Gasteiger partial charge >= 0.3 is 0 Å². The maximum atomic E-state index is 8.76. The molecule has 0 spiro atoms. The zero-order valence-electron chi connectivity index (χ0n) is 9.51. The molecule has 3 rings (SSSR count). The smallest absolute Gasteiger partial charge is 0.231 e. The van der Waals surface area contributed by atoms with Gasteiger partial charge in [-0.3, -0.25) is 0 Å². The topological polar surface area (TPSA) is 62.7 Å². The van der Waals surface area contributed by atoms with Crippen molar-refractivity contribution in [1.82, 2.24) is 10.1 Å². The van der Waals surface area contributed by atoms with Crippen molar-refractivity contribution in [1.29, 1.82) is 5.26 Å². The molecule has 2 atom stereocenters. The van der Waals surface area contributed by atoms with Gasteiger partial charge in [-0.1, -0.05) is 35.0 Å². The molecule has 18 heavy (non-hydrogen) atoms. The maximum Gasteiger partial charge on any atom is 0.231 e. The van der Waals surface area contributed by atoms with Gasteiger partial charge in [0.1, 0.15) is 0 Å². The van der Waals surface area contributed by atoms with Crippen LogP contribution in [0.25, 0.3) is 0 Å². The van der Waals surface area contributed by atoms with Crippen LogP contribution in [0.2, 0.25) is 5.02 Å². The molecular weight excluding hydrogens is 250 g/mol. The van der Waals surface area contributed by atoms with Crippen LogP contribution in [0.4, 0.5) is 0 Å². The van der Waals surface area contributed by atoms with Crippen molar-refractivity contribution >= 4 is 11.6 Å².